The van der Waals surface area contributed by atoms with E-state index in [2.05, 4.69) is 5.32 Å². The highest BCUT2D eigenvalue weighted by Gasteiger charge is 2.21. The van der Waals surface area contributed by atoms with Gasteiger partial charge in [0.05, 0.1) is 36.0 Å². The number of hydrogen-bond donors (Lipinski definition) is 2. The molecule has 142 valence electrons. The average molecular weight is 374 g/mol. The number of nitro benzene ring substituents is 1. The van der Waals surface area contributed by atoms with Crippen molar-refractivity contribution in [3.8, 4) is 5.75 Å². The normalized spacial score (nSPS) is 11.4. The molecule has 0 aliphatic heterocycles. The second kappa shape index (κ2) is 8.77. The molecule has 0 spiro atoms. The molecule has 2 aromatic carbocycles. The van der Waals surface area contributed by atoms with Gasteiger partial charge in [0, 0.05) is 6.07 Å². The van der Waals surface area contributed by atoms with E-state index in [-0.39, 0.29) is 29.3 Å². The smallest absolute Gasteiger partial charge is 0.338 e. The highest BCUT2D eigenvalue weighted by atomic mass is 16.6. The quantitative estimate of drug-likeness (QED) is 0.432. The summed E-state index contributed by atoms with van der Waals surface area (Å²) in [5.74, 6) is -1.21. The van der Waals surface area contributed by atoms with Crippen molar-refractivity contribution in [2.75, 3.05) is 12.4 Å². The Balaban J connectivity index is 2.04. The number of aliphatic hydroxyl groups is 1. The maximum atomic E-state index is 12.3. The molecule has 1 atom stereocenters. The van der Waals surface area contributed by atoms with Crippen molar-refractivity contribution in [1.82, 2.24) is 0 Å². The van der Waals surface area contributed by atoms with Gasteiger partial charge in [0.1, 0.15) is 5.75 Å². The Labute approximate surface area is 154 Å². The molecule has 0 saturated carbocycles. The van der Waals surface area contributed by atoms with E-state index in [4.69, 9.17) is 14.6 Å². The molecular weight excluding hydrogens is 356 g/mol. The predicted molar refractivity (Wildman–Crippen MR) is 95.5 cm³/mol. The van der Waals surface area contributed by atoms with Gasteiger partial charge in [0.2, 0.25) is 0 Å². The summed E-state index contributed by atoms with van der Waals surface area (Å²) in [5.41, 5.74) is 0.904. The van der Waals surface area contributed by atoms with Crippen LogP contribution in [0.2, 0.25) is 0 Å². The molecule has 0 bridgehead atoms. The fourth-order valence-electron chi connectivity index (χ4n) is 2.16. The first-order valence-electron chi connectivity index (χ1n) is 7.89. The average Bonchev–Trinajstić information content (AvgIpc) is 2.67. The van der Waals surface area contributed by atoms with E-state index in [1.54, 1.807) is 12.1 Å². The van der Waals surface area contributed by atoms with Crippen LogP contribution in [0.3, 0.4) is 0 Å². The van der Waals surface area contributed by atoms with E-state index in [1.165, 1.54) is 44.4 Å². The molecule has 2 aromatic rings. The van der Waals surface area contributed by atoms with Crippen molar-refractivity contribution in [2.24, 2.45) is 0 Å². The highest BCUT2D eigenvalue weighted by Crippen LogP contribution is 2.29. The summed E-state index contributed by atoms with van der Waals surface area (Å²) in [6, 6.07) is 9.84. The van der Waals surface area contributed by atoms with Crippen molar-refractivity contribution in [3.05, 3.63) is 63.7 Å². The third-order valence-corrected chi connectivity index (χ3v) is 3.68. The largest absolute Gasteiger partial charge is 0.494 e. The molecule has 1 unspecified atom stereocenters. The van der Waals surface area contributed by atoms with Crippen LogP contribution in [0, 0.1) is 10.1 Å². The highest BCUT2D eigenvalue weighted by molar-refractivity contribution is 5.98. The lowest BCUT2D eigenvalue weighted by Gasteiger charge is -2.15. The molecule has 0 aliphatic carbocycles. The van der Waals surface area contributed by atoms with Crippen LogP contribution in [0.5, 0.6) is 5.75 Å². The second-order valence-corrected chi connectivity index (χ2v) is 5.53. The molecule has 0 radical (unpaired) electrons. The molecule has 0 saturated heterocycles. The lowest BCUT2D eigenvalue weighted by molar-refractivity contribution is -0.384. The summed E-state index contributed by atoms with van der Waals surface area (Å²) in [5, 5.41) is 22.3. The van der Waals surface area contributed by atoms with Crippen molar-refractivity contribution >= 4 is 23.3 Å². The zero-order valence-electron chi connectivity index (χ0n) is 14.7. The maximum absolute atomic E-state index is 12.3. The molecule has 9 heteroatoms. The summed E-state index contributed by atoms with van der Waals surface area (Å²) >= 11 is 0. The number of methoxy groups -OCH3 is 1. The SMILES string of the molecule is COc1cc([N+](=O)[O-])ccc1NC(=O)C(C)OC(=O)c1ccc(CO)cc1. The Morgan fingerprint density at radius 2 is 1.89 bits per heavy atom. The Kier molecular flexibility index (Phi) is 6.45. The Morgan fingerprint density at radius 1 is 1.22 bits per heavy atom. The van der Waals surface area contributed by atoms with Crippen LogP contribution in [0.25, 0.3) is 0 Å². The van der Waals surface area contributed by atoms with Crippen LogP contribution in [0.4, 0.5) is 11.4 Å². The summed E-state index contributed by atoms with van der Waals surface area (Å²) in [6.45, 7) is 1.25. The number of ether oxygens (including phenoxy) is 2. The van der Waals surface area contributed by atoms with Crippen LogP contribution in [0.15, 0.2) is 42.5 Å². The van der Waals surface area contributed by atoms with Crippen LogP contribution >= 0.6 is 0 Å². The zero-order chi connectivity index (χ0) is 20.0. The van der Waals surface area contributed by atoms with E-state index in [1.807, 2.05) is 0 Å². The fraction of sp³-hybridized carbons (Fsp3) is 0.222. The summed E-state index contributed by atoms with van der Waals surface area (Å²) in [4.78, 5) is 34.6. The zero-order valence-corrected chi connectivity index (χ0v) is 14.7. The molecule has 27 heavy (non-hydrogen) atoms. The first-order chi connectivity index (χ1) is 12.8. The number of nitro groups is 1. The number of nitrogens with zero attached hydrogens (tertiary/aromatic N) is 1. The van der Waals surface area contributed by atoms with Gasteiger partial charge in [0.25, 0.3) is 11.6 Å². The van der Waals surface area contributed by atoms with E-state index < -0.39 is 22.9 Å². The Bertz CT molecular complexity index is 849. The molecule has 0 heterocycles. The minimum absolute atomic E-state index is 0.107. The number of carbonyl (C=O) groups is 2. The third kappa shape index (κ3) is 5.02. The number of nitrogens with one attached hydrogen (secondary N) is 1. The standard InChI is InChI=1S/C18H18N2O7/c1-11(27-18(23)13-5-3-12(10-21)4-6-13)17(22)19-15-8-7-14(20(24)25)9-16(15)26-2/h3-9,11,21H,10H2,1-2H3,(H,19,22). The Hall–Kier alpha value is -3.46. The summed E-state index contributed by atoms with van der Waals surface area (Å²) in [6.07, 6.45) is -1.12. The summed E-state index contributed by atoms with van der Waals surface area (Å²) < 4.78 is 10.2. The van der Waals surface area contributed by atoms with Gasteiger partial charge in [-0.05, 0) is 30.7 Å². The van der Waals surface area contributed by atoms with Crippen LogP contribution in [-0.4, -0.2) is 35.1 Å². The van der Waals surface area contributed by atoms with E-state index in [9.17, 15) is 19.7 Å². The topological polar surface area (TPSA) is 128 Å². The lowest BCUT2D eigenvalue weighted by atomic mass is 10.1. The molecular formula is C18H18N2O7. The van der Waals surface area contributed by atoms with Gasteiger partial charge < -0.3 is 19.9 Å². The molecule has 0 fully saturated rings. The number of aliphatic hydroxyl groups excluding tert-OH is 1. The van der Waals surface area contributed by atoms with Crippen LogP contribution < -0.4 is 10.1 Å². The Morgan fingerprint density at radius 3 is 2.44 bits per heavy atom. The number of anilines is 1. The number of hydrogen-bond acceptors (Lipinski definition) is 7. The van der Waals surface area contributed by atoms with Crippen LogP contribution in [-0.2, 0) is 16.1 Å². The van der Waals surface area contributed by atoms with Gasteiger partial charge in [-0.3, -0.25) is 14.9 Å². The van der Waals surface area contributed by atoms with Gasteiger partial charge in [0.15, 0.2) is 6.10 Å². The van der Waals surface area contributed by atoms with Gasteiger partial charge in [-0.1, -0.05) is 12.1 Å². The van der Waals surface area contributed by atoms with E-state index >= 15 is 0 Å². The van der Waals surface area contributed by atoms with Crippen molar-refractivity contribution in [1.29, 1.82) is 0 Å². The van der Waals surface area contributed by atoms with Gasteiger partial charge in [-0.2, -0.15) is 0 Å². The predicted octanol–water partition coefficient (Wildman–Crippen LogP) is 2.28. The third-order valence-electron chi connectivity index (χ3n) is 3.68. The molecule has 0 aromatic heterocycles. The number of benzene rings is 2. The van der Waals surface area contributed by atoms with Crippen LogP contribution in [0.1, 0.15) is 22.8 Å². The van der Waals surface area contributed by atoms with Crippen molar-refractivity contribution < 1.29 is 29.1 Å². The monoisotopic (exact) mass is 374 g/mol. The number of carbonyl (C=O) groups excluding carboxylic acids is 2. The second-order valence-electron chi connectivity index (χ2n) is 5.53. The molecule has 1 amide bonds. The van der Waals surface area contributed by atoms with Gasteiger partial charge in [-0.15, -0.1) is 0 Å². The van der Waals surface area contributed by atoms with E-state index in [0.717, 1.165) is 0 Å². The molecule has 0 aliphatic rings. The van der Waals surface area contributed by atoms with Crippen molar-refractivity contribution in [2.45, 2.75) is 19.6 Å². The maximum Gasteiger partial charge on any atom is 0.338 e. The molecule has 9 nitrogen and oxygen atoms in total. The number of non-ortho nitro benzene ring substituents is 1. The van der Waals surface area contributed by atoms with Gasteiger partial charge >= 0.3 is 5.97 Å². The molecule has 2 rings (SSSR count). The lowest BCUT2D eigenvalue weighted by Crippen LogP contribution is -2.30. The van der Waals surface area contributed by atoms with Gasteiger partial charge in [-0.25, -0.2) is 4.79 Å². The first-order valence-corrected chi connectivity index (χ1v) is 7.89. The number of esters is 1. The minimum atomic E-state index is -1.12. The minimum Gasteiger partial charge on any atom is -0.494 e. The van der Waals surface area contributed by atoms with E-state index in [0.29, 0.717) is 5.56 Å². The summed E-state index contributed by atoms with van der Waals surface area (Å²) in [7, 11) is 1.31. The van der Waals surface area contributed by atoms with Crippen molar-refractivity contribution in [3.63, 3.8) is 0 Å². The number of amides is 1. The number of rotatable bonds is 7. The first kappa shape index (κ1) is 19.9. The molecule has 2 N–H and O–H groups in total. The fourth-order valence-corrected chi connectivity index (χ4v) is 2.16.